The number of hydrogen-bond donors (Lipinski definition) is 3. The molecule has 0 fully saturated rings. The normalized spacial score (nSPS) is 11.4. The lowest BCUT2D eigenvalue weighted by molar-refractivity contribution is -0.118. The summed E-state index contributed by atoms with van der Waals surface area (Å²) in [5, 5.41) is 6.15. The van der Waals surface area contributed by atoms with E-state index in [9.17, 15) is 9.59 Å². The van der Waals surface area contributed by atoms with Gasteiger partial charge in [0.05, 0.1) is 33.7 Å². The molecule has 0 atom stereocenters. The number of nitrogens with two attached hydrogens (primary N) is 1. The van der Waals surface area contributed by atoms with Gasteiger partial charge >= 0.3 is 0 Å². The topological polar surface area (TPSA) is 123 Å². The lowest BCUT2D eigenvalue weighted by Crippen LogP contribution is -2.14. The van der Waals surface area contributed by atoms with Crippen LogP contribution in [-0.2, 0) is 15.3 Å². The van der Waals surface area contributed by atoms with E-state index < -0.39 is 0 Å². The molecule has 4 N–H and O–H groups in total. The van der Waals surface area contributed by atoms with E-state index in [1.165, 1.54) is 11.3 Å². The summed E-state index contributed by atoms with van der Waals surface area (Å²) in [6.07, 6.45) is 7.30. The average molecular weight is 486 g/mol. The van der Waals surface area contributed by atoms with Crippen molar-refractivity contribution in [2.75, 3.05) is 16.4 Å². The maximum absolute atomic E-state index is 12.2. The van der Waals surface area contributed by atoms with E-state index in [2.05, 4.69) is 20.6 Å². The zero-order valence-electron chi connectivity index (χ0n) is 18.6. The Morgan fingerprint density at radius 2 is 1.85 bits per heavy atom. The van der Waals surface area contributed by atoms with Crippen molar-refractivity contribution in [1.82, 2.24) is 9.97 Å². The van der Waals surface area contributed by atoms with Crippen LogP contribution in [0.1, 0.15) is 51.2 Å². The smallest absolute Gasteiger partial charge is 0.226 e. The van der Waals surface area contributed by atoms with Gasteiger partial charge in [-0.05, 0) is 44.4 Å². The molecule has 1 aromatic carbocycles. The van der Waals surface area contributed by atoms with Crippen LogP contribution in [0.2, 0.25) is 0 Å². The van der Waals surface area contributed by atoms with Gasteiger partial charge in [-0.3, -0.25) is 9.59 Å². The number of hydrogen-bond acceptors (Lipinski definition) is 8. The number of carbonyl (C=O) groups is 2. The predicted molar refractivity (Wildman–Crippen MR) is 134 cm³/mol. The molecule has 0 bridgehead atoms. The van der Waals surface area contributed by atoms with Gasteiger partial charge in [-0.1, -0.05) is 29.5 Å². The average Bonchev–Trinajstić information content (AvgIpc) is 3.46. The highest BCUT2D eigenvalue weighted by Crippen LogP contribution is 2.31. The second-order valence-electron chi connectivity index (χ2n) is 7.25. The zero-order valence-corrected chi connectivity index (χ0v) is 20.2. The van der Waals surface area contributed by atoms with Crippen LogP contribution < -0.4 is 16.4 Å². The number of thioether (sulfide) groups is 1. The monoisotopic (exact) mass is 485 g/mol. The first-order chi connectivity index (χ1) is 15.9. The van der Waals surface area contributed by atoms with E-state index in [-0.39, 0.29) is 11.8 Å². The number of nitrogen functional groups attached to an aromatic ring is 1. The first-order valence-electron chi connectivity index (χ1n) is 10.6. The van der Waals surface area contributed by atoms with Gasteiger partial charge < -0.3 is 20.8 Å². The second kappa shape index (κ2) is 12.2. The molecule has 0 aliphatic carbocycles. The number of aromatic nitrogens is 2. The zero-order chi connectivity index (χ0) is 23.6. The minimum atomic E-state index is -0.118. The van der Waals surface area contributed by atoms with Crippen molar-refractivity contribution in [1.29, 1.82) is 0 Å². The summed E-state index contributed by atoms with van der Waals surface area (Å²) in [7, 11) is 0. The van der Waals surface area contributed by atoms with Crippen LogP contribution in [0, 0.1) is 0 Å². The highest BCUT2D eigenvalue weighted by Gasteiger charge is 2.11. The Kier molecular flexibility index (Phi) is 9.08. The molecule has 0 spiro atoms. The molecular weight excluding hydrogens is 458 g/mol. The molecule has 10 heteroatoms. The Balaban J connectivity index is 1.34. The van der Waals surface area contributed by atoms with E-state index in [4.69, 9.17) is 10.2 Å². The van der Waals surface area contributed by atoms with Crippen molar-refractivity contribution < 1.29 is 14.0 Å². The number of amides is 2. The summed E-state index contributed by atoms with van der Waals surface area (Å²) in [6, 6.07) is 7.12. The van der Waals surface area contributed by atoms with Crippen LogP contribution in [0.5, 0.6) is 0 Å². The van der Waals surface area contributed by atoms with E-state index in [0.717, 1.165) is 15.5 Å². The molecule has 0 saturated carbocycles. The predicted octanol–water partition coefficient (Wildman–Crippen LogP) is 5.57. The minimum Gasteiger partial charge on any atom is -0.440 e. The van der Waals surface area contributed by atoms with Crippen molar-refractivity contribution in [3.8, 4) is 0 Å². The quantitative estimate of drug-likeness (QED) is 0.184. The highest BCUT2D eigenvalue weighted by atomic mass is 32.2. The van der Waals surface area contributed by atoms with Crippen molar-refractivity contribution in [3.05, 3.63) is 54.4 Å². The van der Waals surface area contributed by atoms with Gasteiger partial charge in [0.15, 0.2) is 5.13 Å². The van der Waals surface area contributed by atoms with E-state index in [1.807, 2.05) is 32.1 Å². The standard InChI is InChI=1S/C23H27N5O3S2/c1-3-15(2)18-12-25-21(31-18)14-32-22-13-26-23(33-22)28-20(30)11-7-6-10-19(29)27-17-9-5-4-8-16(17)24/h3-5,8-9,12-13H,6-7,10-11,14,24H2,1-2H3,(H,27,29)(H,26,28,30)/b15-3-. The number of nitrogens with zero attached hydrogens (tertiary/aromatic N) is 2. The molecular formula is C23H27N5O3S2. The molecule has 33 heavy (non-hydrogen) atoms. The number of oxazole rings is 1. The number of para-hydroxylation sites is 2. The van der Waals surface area contributed by atoms with Crippen LogP contribution in [0.4, 0.5) is 16.5 Å². The molecule has 0 unspecified atom stereocenters. The van der Waals surface area contributed by atoms with Gasteiger partial charge in [-0.25, -0.2) is 9.97 Å². The molecule has 3 rings (SSSR count). The summed E-state index contributed by atoms with van der Waals surface area (Å²) >= 11 is 2.96. The van der Waals surface area contributed by atoms with Gasteiger partial charge in [0.1, 0.15) is 5.76 Å². The molecule has 174 valence electrons. The van der Waals surface area contributed by atoms with Crippen molar-refractivity contribution in [3.63, 3.8) is 0 Å². The molecule has 2 amide bonds. The molecule has 0 saturated heterocycles. The van der Waals surface area contributed by atoms with Crippen LogP contribution in [0.3, 0.4) is 0 Å². The number of nitrogens with one attached hydrogen (secondary N) is 2. The summed E-state index contributed by atoms with van der Waals surface area (Å²) < 4.78 is 6.68. The highest BCUT2D eigenvalue weighted by molar-refractivity contribution is 8.00. The molecule has 0 radical (unpaired) electrons. The number of allylic oxidation sites excluding steroid dienone is 2. The molecule has 2 aromatic heterocycles. The van der Waals surface area contributed by atoms with Crippen molar-refractivity contribution >= 4 is 57.0 Å². The number of benzene rings is 1. The first-order valence-corrected chi connectivity index (χ1v) is 12.4. The summed E-state index contributed by atoms with van der Waals surface area (Å²) in [5.74, 6) is 1.77. The van der Waals surface area contributed by atoms with E-state index in [0.29, 0.717) is 53.8 Å². The first kappa shape index (κ1) is 24.5. The Hall–Kier alpha value is -3.11. The molecule has 8 nitrogen and oxygen atoms in total. The van der Waals surface area contributed by atoms with Gasteiger partial charge in [0.25, 0.3) is 0 Å². The molecule has 0 aliphatic rings. The summed E-state index contributed by atoms with van der Waals surface area (Å²) in [4.78, 5) is 32.7. The largest absolute Gasteiger partial charge is 0.440 e. The number of anilines is 3. The third kappa shape index (κ3) is 7.76. The molecule has 3 aromatic rings. The Morgan fingerprint density at radius 1 is 1.12 bits per heavy atom. The maximum atomic E-state index is 12.2. The van der Waals surface area contributed by atoms with E-state index in [1.54, 1.807) is 36.3 Å². The number of rotatable bonds is 11. The lowest BCUT2D eigenvalue weighted by Gasteiger charge is -2.07. The van der Waals surface area contributed by atoms with E-state index >= 15 is 0 Å². The van der Waals surface area contributed by atoms with Gasteiger partial charge in [-0.2, -0.15) is 0 Å². The maximum Gasteiger partial charge on any atom is 0.226 e. The van der Waals surface area contributed by atoms with Crippen LogP contribution in [0.15, 0.2) is 51.4 Å². The Labute approximate surface area is 201 Å². The van der Waals surface area contributed by atoms with Crippen molar-refractivity contribution in [2.45, 2.75) is 49.5 Å². The fraction of sp³-hybridized carbons (Fsp3) is 0.304. The minimum absolute atomic E-state index is 0.117. The third-order valence-electron chi connectivity index (χ3n) is 4.74. The molecule has 0 aliphatic heterocycles. The van der Waals surface area contributed by atoms with Crippen LogP contribution in [0.25, 0.3) is 5.57 Å². The fourth-order valence-electron chi connectivity index (χ4n) is 2.79. The summed E-state index contributed by atoms with van der Waals surface area (Å²) in [5.41, 5.74) is 8.00. The number of unbranched alkanes of at least 4 members (excludes halogenated alkanes) is 1. The van der Waals surface area contributed by atoms with Gasteiger partial charge in [0, 0.05) is 12.8 Å². The Bertz CT molecular complexity index is 1120. The SMILES string of the molecule is C/C=C(/C)c1cnc(CSc2cnc(NC(=O)CCCCC(=O)Nc3ccccc3N)s2)o1. The lowest BCUT2D eigenvalue weighted by atomic mass is 10.1. The van der Waals surface area contributed by atoms with Crippen LogP contribution >= 0.6 is 23.1 Å². The van der Waals surface area contributed by atoms with Gasteiger partial charge in [-0.15, -0.1) is 11.8 Å². The second-order valence-corrected chi connectivity index (χ2v) is 9.56. The summed E-state index contributed by atoms with van der Waals surface area (Å²) in [6.45, 7) is 3.93. The number of thiazole rings is 1. The van der Waals surface area contributed by atoms with Crippen molar-refractivity contribution in [2.24, 2.45) is 0 Å². The van der Waals surface area contributed by atoms with Gasteiger partial charge in [0.2, 0.25) is 17.7 Å². The van der Waals surface area contributed by atoms with Crippen LogP contribution in [-0.4, -0.2) is 21.8 Å². The molecule has 2 heterocycles. The number of carbonyl (C=O) groups excluding carboxylic acids is 2. The third-order valence-corrected chi connectivity index (χ3v) is 6.83. The fourth-order valence-corrected chi connectivity index (χ4v) is 4.54. The Morgan fingerprint density at radius 3 is 2.58 bits per heavy atom.